The van der Waals surface area contributed by atoms with E-state index in [1.165, 1.54) is 18.2 Å². The quantitative estimate of drug-likeness (QED) is 0.833. The molecular formula is C22H25FN2O3. The maximum atomic E-state index is 13.3. The number of nitrogens with one attached hydrogen (secondary N) is 1. The Morgan fingerprint density at radius 3 is 2.61 bits per heavy atom. The Bertz CT molecular complexity index is 832. The van der Waals surface area contributed by atoms with Gasteiger partial charge in [0, 0.05) is 31.1 Å². The SMILES string of the molecule is COc1cccc(CCNC(=O)C2CCN(C(=O)c3cccc(F)c3)CC2)c1. The molecule has 6 heteroatoms. The number of piperidine rings is 1. The van der Waals surface area contributed by atoms with Crippen molar-refractivity contribution in [2.75, 3.05) is 26.7 Å². The summed E-state index contributed by atoms with van der Waals surface area (Å²) in [6.07, 6.45) is 1.97. The van der Waals surface area contributed by atoms with Crippen molar-refractivity contribution in [3.8, 4) is 5.75 Å². The Balaban J connectivity index is 1.44. The number of rotatable bonds is 6. The van der Waals surface area contributed by atoms with Gasteiger partial charge >= 0.3 is 0 Å². The fourth-order valence-corrected chi connectivity index (χ4v) is 3.45. The minimum Gasteiger partial charge on any atom is -0.497 e. The van der Waals surface area contributed by atoms with Gasteiger partial charge in [-0.2, -0.15) is 0 Å². The van der Waals surface area contributed by atoms with Crippen LogP contribution in [-0.4, -0.2) is 43.5 Å². The summed E-state index contributed by atoms with van der Waals surface area (Å²) in [7, 11) is 1.63. The molecule has 0 aromatic heterocycles. The monoisotopic (exact) mass is 384 g/mol. The van der Waals surface area contributed by atoms with Crippen molar-refractivity contribution in [2.24, 2.45) is 5.92 Å². The first-order valence-electron chi connectivity index (χ1n) is 9.52. The Labute approximate surface area is 164 Å². The highest BCUT2D eigenvalue weighted by Crippen LogP contribution is 2.20. The van der Waals surface area contributed by atoms with Crippen molar-refractivity contribution in [2.45, 2.75) is 19.3 Å². The molecule has 0 bridgehead atoms. The van der Waals surface area contributed by atoms with Gasteiger partial charge in [0.1, 0.15) is 11.6 Å². The van der Waals surface area contributed by atoms with E-state index >= 15 is 0 Å². The smallest absolute Gasteiger partial charge is 0.253 e. The van der Waals surface area contributed by atoms with E-state index in [4.69, 9.17) is 4.74 Å². The molecule has 0 aliphatic carbocycles. The van der Waals surface area contributed by atoms with Crippen molar-refractivity contribution in [3.05, 3.63) is 65.5 Å². The van der Waals surface area contributed by atoms with Crippen LogP contribution in [0.2, 0.25) is 0 Å². The van der Waals surface area contributed by atoms with Crippen LogP contribution in [0.1, 0.15) is 28.8 Å². The highest BCUT2D eigenvalue weighted by atomic mass is 19.1. The zero-order chi connectivity index (χ0) is 19.9. The maximum Gasteiger partial charge on any atom is 0.253 e. The van der Waals surface area contributed by atoms with Crippen LogP contribution in [0, 0.1) is 11.7 Å². The number of ether oxygens (including phenoxy) is 1. The molecule has 5 nitrogen and oxygen atoms in total. The van der Waals surface area contributed by atoms with Gasteiger partial charge in [-0.15, -0.1) is 0 Å². The molecule has 1 heterocycles. The fraction of sp³-hybridized carbons (Fsp3) is 0.364. The second-order valence-corrected chi connectivity index (χ2v) is 6.97. The van der Waals surface area contributed by atoms with Crippen LogP contribution in [0.4, 0.5) is 4.39 Å². The van der Waals surface area contributed by atoms with E-state index in [0.29, 0.717) is 38.0 Å². The predicted molar refractivity (Wildman–Crippen MR) is 105 cm³/mol. The van der Waals surface area contributed by atoms with Crippen molar-refractivity contribution in [1.29, 1.82) is 0 Å². The molecular weight excluding hydrogens is 359 g/mol. The van der Waals surface area contributed by atoms with E-state index in [0.717, 1.165) is 17.7 Å². The van der Waals surface area contributed by atoms with E-state index in [9.17, 15) is 14.0 Å². The molecule has 0 radical (unpaired) electrons. The minimum atomic E-state index is -0.420. The van der Waals surface area contributed by atoms with Gasteiger partial charge in [-0.1, -0.05) is 18.2 Å². The molecule has 148 valence electrons. The van der Waals surface area contributed by atoms with Crippen LogP contribution in [-0.2, 0) is 11.2 Å². The van der Waals surface area contributed by atoms with E-state index in [1.54, 1.807) is 18.1 Å². The van der Waals surface area contributed by atoms with Gasteiger partial charge in [-0.25, -0.2) is 4.39 Å². The number of nitrogens with zero attached hydrogens (tertiary/aromatic N) is 1. The van der Waals surface area contributed by atoms with Gasteiger partial charge in [-0.05, 0) is 55.2 Å². The van der Waals surface area contributed by atoms with Crippen molar-refractivity contribution >= 4 is 11.8 Å². The van der Waals surface area contributed by atoms with Gasteiger partial charge < -0.3 is 15.0 Å². The molecule has 0 atom stereocenters. The molecule has 2 amide bonds. The van der Waals surface area contributed by atoms with Crippen LogP contribution >= 0.6 is 0 Å². The Hall–Kier alpha value is -2.89. The summed E-state index contributed by atoms with van der Waals surface area (Å²) >= 11 is 0. The average Bonchev–Trinajstić information content (AvgIpc) is 2.73. The first-order chi connectivity index (χ1) is 13.6. The molecule has 1 saturated heterocycles. The van der Waals surface area contributed by atoms with E-state index in [2.05, 4.69) is 5.32 Å². The van der Waals surface area contributed by atoms with E-state index in [1.807, 2.05) is 24.3 Å². The average molecular weight is 384 g/mol. The van der Waals surface area contributed by atoms with Crippen LogP contribution < -0.4 is 10.1 Å². The molecule has 28 heavy (non-hydrogen) atoms. The standard InChI is InChI=1S/C22H25FN2O3/c1-28-20-7-2-4-16(14-20)8-11-24-21(26)17-9-12-25(13-10-17)22(27)18-5-3-6-19(23)15-18/h2-7,14-15,17H,8-13H2,1H3,(H,24,26). The molecule has 0 spiro atoms. The lowest BCUT2D eigenvalue weighted by atomic mass is 9.95. The normalized spacial score (nSPS) is 14.6. The number of carbonyl (C=O) groups is 2. The summed E-state index contributed by atoms with van der Waals surface area (Å²) in [4.78, 5) is 26.6. The lowest BCUT2D eigenvalue weighted by Crippen LogP contribution is -2.43. The molecule has 1 aliphatic rings. The number of methoxy groups -OCH3 is 1. The molecule has 3 rings (SSSR count). The van der Waals surface area contributed by atoms with Crippen molar-refractivity contribution in [3.63, 3.8) is 0 Å². The first-order valence-corrected chi connectivity index (χ1v) is 9.52. The highest BCUT2D eigenvalue weighted by molar-refractivity contribution is 5.94. The van der Waals surface area contributed by atoms with Gasteiger partial charge in [0.2, 0.25) is 5.91 Å². The summed E-state index contributed by atoms with van der Waals surface area (Å²) in [6.45, 7) is 1.57. The summed E-state index contributed by atoms with van der Waals surface area (Å²) in [5.74, 6) is 0.134. The number of hydrogen-bond acceptors (Lipinski definition) is 3. The third-order valence-corrected chi connectivity index (χ3v) is 5.07. The maximum absolute atomic E-state index is 13.3. The second-order valence-electron chi connectivity index (χ2n) is 6.97. The van der Waals surface area contributed by atoms with Crippen LogP contribution in [0.3, 0.4) is 0 Å². The minimum absolute atomic E-state index is 0.0285. The van der Waals surface area contributed by atoms with E-state index in [-0.39, 0.29) is 17.7 Å². The number of benzene rings is 2. The summed E-state index contributed by atoms with van der Waals surface area (Å²) in [5, 5.41) is 2.99. The summed E-state index contributed by atoms with van der Waals surface area (Å²) in [5.41, 5.74) is 1.45. The Kier molecular flexibility index (Phi) is 6.63. The van der Waals surface area contributed by atoms with Crippen LogP contribution in [0.15, 0.2) is 48.5 Å². The van der Waals surface area contributed by atoms with Gasteiger partial charge in [-0.3, -0.25) is 9.59 Å². The number of hydrogen-bond donors (Lipinski definition) is 1. The third kappa shape index (κ3) is 5.09. The summed E-state index contributed by atoms with van der Waals surface area (Å²) < 4.78 is 18.5. The first kappa shape index (κ1) is 19.9. The van der Waals surface area contributed by atoms with Crippen molar-refractivity contribution < 1.29 is 18.7 Å². The topological polar surface area (TPSA) is 58.6 Å². The largest absolute Gasteiger partial charge is 0.497 e. The second kappa shape index (κ2) is 9.35. The third-order valence-electron chi connectivity index (χ3n) is 5.07. The lowest BCUT2D eigenvalue weighted by molar-refractivity contribution is -0.126. The van der Waals surface area contributed by atoms with Crippen LogP contribution in [0.25, 0.3) is 0 Å². The highest BCUT2D eigenvalue weighted by Gasteiger charge is 2.27. The van der Waals surface area contributed by atoms with Gasteiger partial charge in [0.15, 0.2) is 0 Å². The molecule has 0 unspecified atom stereocenters. The Morgan fingerprint density at radius 1 is 1.14 bits per heavy atom. The molecule has 1 fully saturated rings. The zero-order valence-electron chi connectivity index (χ0n) is 16.0. The lowest BCUT2D eigenvalue weighted by Gasteiger charge is -2.31. The molecule has 2 aromatic carbocycles. The molecule has 1 N–H and O–H groups in total. The molecule has 1 aliphatic heterocycles. The number of halogens is 1. The molecule has 0 saturated carbocycles. The van der Waals surface area contributed by atoms with Crippen molar-refractivity contribution in [1.82, 2.24) is 10.2 Å². The number of carbonyl (C=O) groups excluding carboxylic acids is 2. The Morgan fingerprint density at radius 2 is 1.89 bits per heavy atom. The number of amides is 2. The van der Waals surface area contributed by atoms with Gasteiger partial charge in [0.05, 0.1) is 7.11 Å². The molecule has 2 aromatic rings. The summed E-state index contributed by atoms with van der Waals surface area (Å²) in [6, 6.07) is 13.5. The van der Waals surface area contributed by atoms with E-state index < -0.39 is 5.82 Å². The fourth-order valence-electron chi connectivity index (χ4n) is 3.45. The predicted octanol–water partition coefficient (Wildman–Crippen LogP) is 3.05. The van der Waals surface area contributed by atoms with Gasteiger partial charge in [0.25, 0.3) is 5.91 Å². The zero-order valence-corrected chi connectivity index (χ0v) is 16.0. The van der Waals surface area contributed by atoms with Crippen LogP contribution in [0.5, 0.6) is 5.75 Å². The number of likely N-dealkylation sites (tertiary alicyclic amines) is 1.